The molecule has 0 aliphatic heterocycles. The van der Waals surface area contributed by atoms with Crippen molar-refractivity contribution in [1.29, 1.82) is 0 Å². The van der Waals surface area contributed by atoms with E-state index in [1.165, 1.54) is 29.3 Å². The lowest BCUT2D eigenvalue weighted by molar-refractivity contribution is 0.431. The van der Waals surface area contributed by atoms with Crippen LogP contribution in [-0.2, 0) is 6.42 Å². The molecule has 0 heterocycles. The maximum absolute atomic E-state index is 13.8. The largest absolute Gasteiger partial charge is 0.303 e. The van der Waals surface area contributed by atoms with E-state index in [0.29, 0.717) is 0 Å². The summed E-state index contributed by atoms with van der Waals surface area (Å²) in [5.41, 5.74) is 2.48. The summed E-state index contributed by atoms with van der Waals surface area (Å²) in [5.74, 6) is -1.02. The second-order valence-corrected chi connectivity index (χ2v) is 5.89. The molecule has 2 atom stereocenters. The maximum Gasteiger partial charge on any atom is 0.130 e. The fourth-order valence-electron chi connectivity index (χ4n) is 3.07. The Morgan fingerprint density at radius 3 is 2.62 bits per heavy atom. The fraction of sp³-hybridized carbons (Fsp3) is 0.294. The zero-order chi connectivity index (χ0) is 15.0. The van der Waals surface area contributed by atoms with E-state index in [4.69, 9.17) is 11.6 Å². The van der Waals surface area contributed by atoms with Crippen LogP contribution in [0.1, 0.15) is 42.1 Å². The van der Waals surface area contributed by atoms with Crippen LogP contribution in [0.5, 0.6) is 0 Å². The summed E-state index contributed by atoms with van der Waals surface area (Å²) >= 11 is 5.99. The minimum atomic E-state index is -0.510. The van der Waals surface area contributed by atoms with Crippen LogP contribution < -0.4 is 5.32 Å². The number of halogens is 3. The van der Waals surface area contributed by atoms with Gasteiger partial charge in [-0.1, -0.05) is 23.7 Å². The Morgan fingerprint density at radius 1 is 1.19 bits per heavy atom. The quantitative estimate of drug-likeness (QED) is 0.845. The zero-order valence-electron chi connectivity index (χ0n) is 11.7. The van der Waals surface area contributed by atoms with Crippen LogP contribution in [-0.4, -0.2) is 0 Å². The molecule has 2 aromatic rings. The van der Waals surface area contributed by atoms with Gasteiger partial charge in [0.05, 0.1) is 0 Å². The molecule has 0 saturated carbocycles. The van der Waals surface area contributed by atoms with Crippen LogP contribution in [0.25, 0.3) is 0 Å². The van der Waals surface area contributed by atoms with Crippen molar-refractivity contribution in [3.63, 3.8) is 0 Å². The highest BCUT2D eigenvalue weighted by Gasteiger charge is 2.26. The van der Waals surface area contributed by atoms with E-state index in [-0.39, 0.29) is 11.6 Å². The Balaban J connectivity index is 1.83. The zero-order valence-corrected chi connectivity index (χ0v) is 12.4. The van der Waals surface area contributed by atoms with Gasteiger partial charge in [-0.2, -0.15) is 0 Å². The number of rotatable bonds is 3. The molecule has 0 spiro atoms. The summed E-state index contributed by atoms with van der Waals surface area (Å²) < 4.78 is 27.7. The van der Waals surface area contributed by atoms with E-state index in [1.54, 1.807) is 6.92 Å². The molecule has 110 valence electrons. The molecule has 0 saturated heterocycles. The first-order chi connectivity index (χ1) is 10.1. The highest BCUT2D eigenvalue weighted by Crippen LogP contribution is 2.35. The predicted octanol–water partition coefficient (Wildman–Crippen LogP) is 4.96. The van der Waals surface area contributed by atoms with Gasteiger partial charge in [0.1, 0.15) is 11.6 Å². The Hall–Kier alpha value is -1.45. The molecule has 0 radical (unpaired) electrons. The van der Waals surface area contributed by atoms with Crippen LogP contribution in [0.4, 0.5) is 8.78 Å². The molecule has 4 heteroatoms. The van der Waals surface area contributed by atoms with E-state index in [9.17, 15) is 8.78 Å². The van der Waals surface area contributed by atoms with Gasteiger partial charge in [-0.15, -0.1) is 0 Å². The monoisotopic (exact) mass is 307 g/mol. The van der Waals surface area contributed by atoms with Crippen molar-refractivity contribution in [2.75, 3.05) is 0 Å². The number of benzene rings is 2. The summed E-state index contributed by atoms with van der Waals surface area (Å²) in [6, 6.07) is 9.49. The van der Waals surface area contributed by atoms with Gasteiger partial charge in [0.25, 0.3) is 0 Å². The molecular formula is C17H16ClF2N. The van der Waals surface area contributed by atoms with Gasteiger partial charge in [-0.25, -0.2) is 8.78 Å². The SMILES string of the molecule is CC(NC1CCc2cc(Cl)ccc21)c1c(F)cccc1F. The lowest BCUT2D eigenvalue weighted by atomic mass is 10.0. The lowest BCUT2D eigenvalue weighted by Crippen LogP contribution is -2.24. The van der Waals surface area contributed by atoms with Crippen molar-refractivity contribution in [3.05, 3.63) is 69.7 Å². The molecule has 0 fully saturated rings. The summed E-state index contributed by atoms with van der Waals surface area (Å²) in [4.78, 5) is 0. The van der Waals surface area contributed by atoms with E-state index in [1.807, 2.05) is 18.2 Å². The van der Waals surface area contributed by atoms with Crippen molar-refractivity contribution >= 4 is 11.6 Å². The van der Waals surface area contributed by atoms with E-state index in [0.717, 1.165) is 17.9 Å². The van der Waals surface area contributed by atoms with Gasteiger partial charge in [-0.3, -0.25) is 0 Å². The predicted molar refractivity (Wildman–Crippen MR) is 80.4 cm³/mol. The van der Waals surface area contributed by atoms with E-state index >= 15 is 0 Å². The average molecular weight is 308 g/mol. The number of fused-ring (bicyclic) bond motifs is 1. The Labute approximate surface area is 127 Å². The van der Waals surface area contributed by atoms with Gasteiger partial charge in [0.2, 0.25) is 0 Å². The van der Waals surface area contributed by atoms with Crippen LogP contribution in [0.2, 0.25) is 5.02 Å². The Kier molecular flexibility index (Phi) is 3.96. The van der Waals surface area contributed by atoms with Crippen molar-refractivity contribution < 1.29 is 8.78 Å². The van der Waals surface area contributed by atoms with Crippen LogP contribution in [0.15, 0.2) is 36.4 Å². The molecule has 1 N–H and O–H groups in total. The van der Waals surface area contributed by atoms with Crippen LogP contribution in [0, 0.1) is 11.6 Å². The molecule has 21 heavy (non-hydrogen) atoms. The lowest BCUT2D eigenvalue weighted by Gasteiger charge is -2.21. The van der Waals surface area contributed by atoms with E-state index < -0.39 is 17.7 Å². The maximum atomic E-state index is 13.8. The molecular weight excluding hydrogens is 292 g/mol. The first-order valence-electron chi connectivity index (χ1n) is 7.04. The first-order valence-corrected chi connectivity index (χ1v) is 7.42. The second-order valence-electron chi connectivity index (χ2n) is 5.46. The summed E-state index contributed by atoms with van der Waals surface area (Å²) in [5, 5.41) is 4.05. The molecule has 0 bridgehead atoms. The highest BCUT2D eigenvalue weighted by molar-refractivity contribution is 6.30. The van der Waals surface area contributed by atoms with Gasteiger partial charge in [0.15, 0.2) is 0 Å². The van der Waals surface area contributed by atoms with Crippen LogP contribution >= 0.6 is 11.6 Å². The average Bonchev–Trinajstić information content (AvgIpc) is 2.80. The molecule has 0 amide bonds. The molecule has 2 unspecified atom stereocenters. The third-order valence-electron chi connectivity index (χ3n) is 4.07. The Bertz CT molecular complexity index is 652. The van der Waals surface area contributed by atoms with Gasteiger partial charge >= 0.3 is 0 Å². The van der Waals surface area contributed by atoms with Gasteiger partial charge in [0, 0.05) is 22.7 Å². The Morgan fingerprint density at radius 2 is 1.90 bits per heavy atom. The third-order valence-corrected chi connectivity index (χ3v) is 4.30. The number of hydrogen-bond acceptors (Lipinski definition) is 1. The molecule has 1 aliphatic carbocycles. The minimum Gasteiger partial charge on any atom is -0.303 e. The fourth-order valence-corrected chi connectivity index (χ4v) is 3.26. The molecule has 2 aromatic carbocycles. The standard InChI is InChI=1S/C17H16ClF2N/c1-10(17-14(19)3-2-4-15(17)20)21-16-8-5-11-9-12(18)6-7-13(11)16/h2-4,6-7,9-10,16,21H,5,8H2,1H3. The van der Waals surface area contributed by atoms with Crippen molar-refractivity contribution in [2.24, 2.45) is 0 Å². The van der Waals surface area contributed by atoms with Crippen molar-refractivity contribution in [2.45, 2.75) is 31.8 Å². The molecule has 3 rings (SSSR count). The topological polar surface area (TPSA) is 12.0 Å². The number of hydrogen-bond donors (Lipinski definition) is 1. The van der Waals surface area contributed by atoms with Crippen molar-refractivity contribution in [3.8, 4) is 0 Å². The summed E-state index contributed by atoms with van der Waals surface area (Å²) in [6.45, 7) is 1.79. The first kappa shape index (κ1) is 14.5. The summed E-state index contributed by atoms with van der Waals surface area (Å²) in [7, 11) is 0. The smallest absolute Gasteiger partial charge is 0.130 e. The van der Waals surface area contributed by atoms with Gasteiger partial charge in [-0.05, 0) is 55.2 Å². The van der Waals surface area contributed by atoms with Crippen LogP contribution in [0.3, 0.4) is 0 Å². The number of aryl methyl sites for hydroxylation is 1. The highest BCUT2D eigenvalue weighted by atomic mass is 35.5. The van der Waals surface area contributed by atoms with Crippen molar-refractivity contribution in [1.82, 2.24) is 5.32 Å². The van der Waals surface area contributed by atoms with Gasteiger partial charge < -0.3 is 5.32 Å². The molecule has 0 aromatic heterocycles. The molecule has 1 nitrogen and oxygen atoms in total. The number of nitrogens with one attached hydrogen (secondary N) is 1. The molecule has 1 aliphatic rings. The minimum absolute atomic E-state index is 0.0971. The normalized spacial score (nSPS) is 18.6. The summed E-state index contributed by atoms with van der Waals surface area (Å²) in [6.07, 6.45) is 1.84. The van der Waals surface area contributed by atoms with E-state index in [2.05, 4.69) is 5.32 Å². The second kappa shape index (κ2) is 5.74. The third kappa shape index (κ3) is 2.81.